The molecule has 53 heavy (non-hydrogen) atoms. The van der Waals surface area contributed by atoms with Gasteiger partial charge in [0.2, 0.25) is 0 Å². The van der Waals surface area contributed by atoms with Gasteiger partial charge in [0.1, 0.15) is 6.61 Å². The fraction of sp³-hybridized carbons (Fsp3) is 0.761. The van der Waals surface area contributed by atoms with Crippen LogP contribution in [0.5, 0.6) is 0 Å². The summed E-state index contributed by atoms with van der Waals surface area (Å²) < 4.78 is 16.0. The lowest BCUT2D eigenvalue weighted by Crippen LogP contribution is -2.17. The Bertz CT molecular complexity index is 952. The van der Waals surface area contributed by atoms with E-state index in [-0.39, 0.29) is 50.1 Å². The zero-order valence-electron chi connectivity index (χ0n) is 34.2. The molecule has 0 saturated carbocycles. The third kappa shape index (κ3) is 40.4. The smallest absolute Gasteiger partial charge is 0.306 e. The molecule has 0 fully saturated rings. The second-order valence-electron chi connectivity index (χ2n) is 14.3. The molecule has 0 rings (SSSR count). The third-order valence-electron chi connectivity index (χ3n) is 9.28. The highest BCUT2D eigenvalue weighted by molar-refractivity contribution is 5.70. The van der Waals surface area contributed by atoms with Crippen LogP contribution in [0.25, 0.3) is 0 Å². The van der Waals surface area contributed by atoms with Gasteiger partial charge in [0.15, 0.2) is 0 Å². The second-order valence-corrected chi connectivity index (χ2v) is 14.3. The third-order valence-corrected chi connectivity index (χ3v) is 9.28. The number of rotatable bonds is 39. The Morgan fingerprint density at radius 2 is 0.868 bits per heavy atom. The maximum absolute atomic E-state index is 12.3. The van der Waals surface area contributed by atoms with Gasteiger partial charge in [-0.1, -0.05) is 127 Å². The van der Waals surface area contributed by atoms with E-state index in [2.05, 4.69) is 62.5 Å². The number of unbranched alkanes of at least 4 members (excludes halogenated alkanes) is 16. The highest BCUT2D eigenvalue weighted by Gasteiger charge is 2.16. The van der Waals surface area contributed by atoms with E-state index in [1.54, 1.807) is 0 Å². The number of carbonyl (C=O) groups excluding carboxylic acids is 3. The number of hydrogen-bond donors (Lipinski definition) is 1. The fourth-order valence-electron chi connectivity index (χ4n) is 6.01. The summed E-state index contributed by atoms with van der Waals surface area (Å²) in [5.41, 5.74) is 0. The molecular formula is C46H80O7. The minimum absolute atomic E-state index is 0.0279. The molecule has 7 heteroatoms. The molecule has 0 aromatic rings. The molecule has 0 aromatic heterocycles. The molecule has 0 aromatic carbocycles. The van der Waals surface area contributed by atoms with Crippen LogP contribution in [0.4, 0.5) is 0 Å². The van der Waals surface area contributed by atoms with Gasteiger partial charge in [-0.25, -0.2) is 0 Å². The molecule has 1 N–H and O–H groups in total. The maximum Gasteiger partial charge on any atom is 0.306 e. The second kappa shape index (κ2) is 42.1. The number of ether oxygens (including phenoxy) is 3. The summed E-state index contributed by atoms with van der Waals surface area (Å²) in [6.45, 7) is 4.79. The number of hydrogen-bond acceptors (Lipinski definition) is 7. The quantitative estimate of drug-likeness (QED) is 0.0289. The first-order valence-electron chi connectivity index (χ1n) is 21.7. The monoisotopic (exact) mass is 745 g/mol. The van der Waals surface area contributed by atoms with Crippen LogP contribution in [0.15, 0.2) is 48.6 Å². The van der Waals surface area contributed by atoms with Crippen molar-refractivity contribution in [1.29, 1.82) is 0 Å². The van der Waals surface area contributed by atoms with Crippen LogP contribution >= 0.6 is 0 Å². The summed E-state index contributed by atoms with van der Waals surface area (Å²) in [5, 5.41) is 8.97. The van der Waals surface area contributed by atoms with Crippen molar-refractivity contribution in [2.45, 2.75) is 194 Å². The molecule has 0 aliphatic heterocycles. The first kappa shape index (κ1) is 50.3. The summed E-state index contributed by atoms with van der Waals surface area (Å²) in [6.07, 6.45) is 46.2. The van der Waals surface area contributed by atoms with Gasteiger partial charge in [-0.15, -0.1) is 0 Å². The van der Waals surface area contributed by atoms with Gasteiger partial charge in [-0.3, -0.25) is 14.4 Å². The minimum atomic E-state index is -0.376. The highest BCUT2D eigenvalue weighted by atomic mass is 16.5. The van der Waals surface area contributed by atoms with Crippen LogP contribution in [-0.4, -0.2) is 49.4 Å². The molecule has 0 spiro atoms. The summed E-state index contributed by atoms with van der Waals surface area (Å²) >= 11 is 0. The van der Waals surface area contributed by atoms with E-state index >= 15 is 0 Å². The molecule has 1 unspecified atom stereocenters. The molecule has 306 valence electrons. The van der Waals surface area contributed by atoms with Gasteiger partial charge < -0.3 is 19.3 Å². The fourth-order valence-corrected chi connectivity index (χ4v) is 6.01. The van der Waals surface area contributed by atoms with Gasteiger partial charge in [0.05, 0.1) is 19.8 Å². The number of aliphatic hydroxyl groups is 1. The average molecular weight is 745 g/mol. The number of allylic oxidation sites excluding steroid dienone is 8. The molecule has 0 amide bonds. The normalized spacial score (nSPS) is 12.4. The maximum atomic E-state index is 12.3. The number of aliphatic hydroxyl groups excluding tert-OH is 1. The van der Waals surface area contributed by atoms with Gasteiger partial charge in [0.25, 0.3) is 0 Å². The van der Waals surface area contributed by atoms with Crippen molar-refractivity contribution in [3.05, 3.63) is 48.6 Å². The van der Waals surface area contributed by atoms with Crippen LogP contribution in [0, 0.1) is 5.92 Å². The van der Waals surface area contributed by atoms with Crippen molar-refractivity contribution in [2.24, 2.45) is 5.92 Å². The zero-order chi connectivity index (χ0) is 38.7. The molecular weight excluding hydrogens is 664 g/mol. The average Bonchev–Trinajstić information content (AvgIpc) is 3.15. The lowest BCUT2D eigenvalue weighted by Gasteiger charge is -2.16. The van der Waals surface area contributed by atoms with Crippen LogP contribution in [0.2, 0.25) is 0 Å². The molecule has 0 aliphatic carbocycles. The Kier molecular flexibility index (Phi) is 40.0. The van der Waals surface area contributed by atoms with Crippen molar-refractivity contribution in [3.8, 4) is 0 Å². The number of carbonyl (C=O) groups is 3. The standard InChI is InChI=1S/C46H80O7/c1-3-5-7-9-11-13-15-17-19-21-23-25-27-29-31-35-44(48)51-39-33-34-43(42-46(50)53-41-38-47)37-40-52-45(49)36-32-30-28-26-24-22-20-18-16-14-12-10-8-6-4-2/h11-14,17-20,43,47H,3-10,15-16,21-42H2,1-2H3/b13-11-,14-12-,19-17-,20-18-. The summed E-state index contributed by atoms with van der Waals surface area (Å²) in [5.74, 6) is -0.791. The molecule has 0 saturated heterocycles. The molecule has 0 aliphatic rings. The Labute approximate surface area is 325 Å². The predicted molar refractivity (Wildman–Crippen MR) is 221 cm³/mol. The SMILES string of the molecule is CCCCC/C=C\C/C=C\CCCCCCCC(=O)OCCCC(CCOC(=O)CCCCCCC/C=C\C/C=C\CCCCC)CC(=O)OCCO. The van der Waals surface area contributed by atoms with E-state index < -0.39 is 0 Å². The van der Waals surface area contributed by atoms with E-state index in [0.29, 0.717) is 38.7 Å². The van der Waals surface area contributed by atoms with E-state index in [1.165, 1.54) is 77.0 Å². The van der Waals surface area contributed by atoms with Crippen molar-refractivity contribution in [2.75, 3.05) is 26.4 Å². The van der Waals surface area contributed by atoms with Gasteiger partial charge in [0, 0.05) is 19.3 Å². The molecule has 0 radical (unpaired) electrons. The van der Waals surface area contributed by atoms with E-state index in [9.17, 15) is 14.4 Å². The van der Waals surface area contributed by atoms with E-state index in [4.69, 9.17) is 19.3 Å². The van der Waals surface area contributed by atoms with Crippen LogP contribution in [-0.2, 0) is 28.6 Å². The summed E-state index contributed by atoms with van der Waals surface area (Å²) in [7, 11) is 0. The van der Waals surface area contributed by atoms with Gasteiger partial charge in [-0.2, -0.15) is 0 Å². The first-order valence-corrected chi connectivity index (χ1v) is 21.7. The lowest BCUT2D eigenvalue weighted by molar-refractivity contribution is -0.147. The minimum Gasteiger partial charge on any atom is -0.466 e. The molecule has 0 bridgehead atoms. The Hall–Kier alpha value is -2.67. The largest absolute Gasteiger partial charge is 0.466 e. The molecule has 1 atom stereocenters. The van der Waals surface area contributed by atoms with Crippen LogP contribution in [0.3, 0.4) is 0 Å². The van der Waals surface area contributed by atoms with Crippen molar-refractivity contribution >= 4 is 17.9 Å². The van der Waals surface area contributed by atoms with Crippen LogP contribution < -0.4 is 0 Å². The highest BCUT2D eigenvalue weighted by Crippen LogP contribution is 2.18. The Balaban J connectivity index is 4.00. The zero-order valence-corrected chi connectivity index (χ0v) is 34.2. The Morgan fingerprint density at radius 1 is 0.453 bits per heavy atom. The summed E-state index contributed by atoms with van der Waals surface area (Å²) in [6, 6.07) is 0. The van der Waals surface area contributed by atoms with Crippen molar-refractivity contribution in [1.82, 2.24) is 0 Å². The van der Waals surface area contributed by atoms with E-state index in [1.807, 2.05) is 0 Å². The van der Waals surface area contributed by atoms with Crippen LogP contribution in [0.1, 0.15) is 194 Å². The topological polar surface area (TPSA) is 99.1 Å². The van der Waals surface area contributed by atoms with Gasteiger partial charge in [-0.05, 0) is 102 Å². The first-order chi connectivity index (χ1) is 26.0. The predicted octanol–water partition coefficient (Wildman–Crippen LogP) is 12.4. The van der Waals surface area contributed by atoms with Crippen molar-refractivity contribution < 1.29 is 33.7 Å². The summed E-state index contributed by atoms with van der Waals surface area (Å²) in [4.78, 5) is 36.7. The van der Waals surface area contributed by atoms with E-state index in [0.717, 1.165) is 64.2 Å². The van der Waals surface area contributed by atoms with Gasteiger partial charge >= 0.3 is 17.9 Å². The Morgan fingerprint density at radius 3 is 1.34 bits per heavy atom. The molecule has 0 heterocycles. The molecule has 7 nitrogen and oxygen atoms in total. The van der Waals surface area contributed by atoms with Crippen molar-refractivity contribution in [3.63, 3.8) is 0 Å². The number of esters is 3. The lowest BCUT2D eigenvalue weighted by atomic mass is 9.96.